The number of aromatic nitrogens is 2. The molecule has 12 amide bonds. The molecule has 4 rings (SSSR count). The number of amides is 12. The molecule has 1 saturated heterocycles. The summed E-state index contributed by atoms with van der Waals surface area (Å²) in [5.41, 5.74) is 18.6. The maximum Gasteiger partial charge on any atom is 2.00 e. The van der Waals surface area contributed by atoms with E-state index in [0.29, 0.717) is 10.6 Å². The van der Waals surface area contributed by atoms with Crippen molar-refractivity contribution < 1.29 is 96.8 Å². The normalized spacial score (nSPS) is 22.8. The first-order chi connectivity index (χ1) is 46.8. The summed E-state index contributed by atoms with van der Waals surface area (Å²) in [6.07, 6.45) is -0.377. The van der Waals surface area contributed by atoms with Gasteiger partial charge in [0.05, 0.1) is 23.8 Å². The second kappa shape index (κ2) is 43.3. The number of thioether (sulfide) groups is 1. The van der Waals surface area contributed by atoms with E-state index in [2.05, 4.69) is 73.4 Å². The van der Waals surface area contributed by atoms with Gasteiger partial charge in [-0.15, -0.1) is 11.8 Å². The Morgan fingerprint density at radius 2 is 1.26 bits per heavy atom. The van der Waals surface area contributed by atoms with E-state index in [1.807, 2.05) is 13.8 Å². The first-order valence-corrected chi connectivity index (χ1v) is 34.5. The molecule has 18 N–H and O–H groups in total. The average molecular weight is 1470 g/mol. The summed E-state index contributed by atoms with van der Waals surface area (Å²) >= 11 is 1.34. The third-order valence-corrected chi connectivity index (χ3v) is 18.1. The largest absolute Gasteiger partial charge is 2.00 e. The number of carbonyl (C=O) groups excluding carboxylic acids is 14. The number of carboxylic acids is 2. The molecular weight excluding hydrogens is 1370 g/mol. The third kappa shape index (κ3) is 28.7. The first kappa shape index (κ1) is 85.8. The maximum atomic E-state index is 14.8. The first-order valence-electron chi connectivity index (χ1n) is 33.5. The van der Waals surface area contributed by atoms with E-state index in [0.717, 1.165) is 6.42 Å². The van der Waals surface area contributed by atoms with Gasteiger partial charge in [0.25, 0.3) is 0 Å². The van der Waals surface area contributed by atoms with E-state index in [4.69, 9.17) is 17.2 Å². The van der Waals surface area contributed by atoms with Crippen molar-refractivity contribution in [1.82, 2.24) is 68.5 Å². The number of carboxylic acid groups (broad SMARTS) is 2. The standard InChI is InChI=1S/C65H101N17O16S.Zn/c1-9-35(7)51(68)65-80-47(31-99-65)62(96)75-42(25-33(3)4)58(92)73-41(21-22-49(84)85)57(91)82-53(36(8)10-2)64(98)74-39-19-14-15-24-70-54(88)45(28-48(67)83)77-61(95)46(29-50(86)87)78-60(94)44(27-38-30-69-32-71-38)76-59(93)43(26-37-17-12-11-13-18-37)79-63(97)52(34(5)6)81-56(90)40(20-16-23-66)72-55(39)89;/h11-13,17-18,30,32-36,39-47,51-53H,9-10,14-16,19-29,31,66,68H2,1-8H3,(H2,67,83)(H,69,71)(H,70,88)(H,72,89)(H,73,92)(H,74,98)(H,75,96)(H,76,93)(H,77,95)(H,78,94)(H,79,97)(H,81,90)(H,82,91)(H,84,85)(H,86,87);/q;+2/p-2/t35-,36-,39-,40+,41+,42-,43+,44-,45-,46+,47-,51-,52-,53-;/m0./s1. The predicted octanol–water partition coefficient (Wildman–Crippen LogP) is -4.74. The molecule has 0 bridgehead atoms. The number of primary amides is 1. The Morgan fingerprint density at radius 1 is 0.670 bits per heavy atom. The number of benzene rings is 1. The number of aliphatic imine (C=N–C) groups is 1. The van der Waals surface area contributed by atoms with Crippen LogP contribution in [0.1, 0.15) is 144 Å². The van der Waals surface area contributed by atoms with Gasteiger partial charge in [0.1, 0.15) is 66.5 Å². The van der Waals surface area contributed by atoms with Gasteiger partial charge in [-0.1, -0.05) is 98.6 Å². The molecule has 0 saturated carbocycles. The molecule has 0 radical (unpaired) electrons. The number of aliphatic carboxylic acids is 2. The molecule has 100 heavy (non-hydrogen) atoms. The zero-order valence-corrected chi connectivity index (χ0v) is 61.9. The summed E-state index contributed by atoms with van der Waals surface area (Å²) in [7, 11) is 0. The number of nitrogens with two attached hydrogens (primary N) is 3. The molecule has 2 aliphatic rings. The molecular formula is C65H99N17O16SZn. The molecule has 35 heteroatoms. The van der Waals surface area contributed by atoms with Crippen molar-refractivity contribution in [3.63, 3.8) is 0 Å². The topological polar surface area (TPSA) is 537 Å². The Hall–Kier alpha value is -8.43. The molecule has 2 aliphatic heterocycles. The number of nitrogens with zero attached hydrogens (tertiary/aromatic N) is 2. The maximum absolute atomic E-state index is 14.8. The Balaban J connectivity index is 0.0000260. The van der Waals surface area contributed by atoms with E-state index in [-0.39, 0.29) is 114 Å². The minimum absolute atomic E-state index is 0. The van der Waals surface area contributed by atoms with Gasteiger partial charge in [-0.25, -0.2) is 4.98 Å². The van der Waals surface area contributed by atoms with Crippen molar-refractivity contribution in [2.75, 3.05) is 18.8 Å². The summed E-state index contributed by atoms with van der Waals surface area (Å²) in [5.74, 6) is -16.3. The van der Waals surface area contributed by atoms with E-state index in [1.54, 1.807) is 71.9 Å². The Bertz CT molecular complexity index is 3150. The van der Waals surface area contributed by atoms with Crippen LogP contribution in [0.3, 0.4) is 0 Å². The van der Waals surface area contributed by atoms with Crippen molar-refractivity contribution in [2.45, 2.75) is 218 Å². The summed E-state index contributed by atoms with van der Waals surface area (Å²) in [6, 6.07) is -8.66. The van der Waals surface area contributed by atoms with Crippen molar-refractivity contribution in [3.8, 4) is 0 Å². The number of H-pyrrole nitrogens is 1. The number of aromatic amines is 1. The van der Waals surface area contributed by atoms with Crippen LogP contribution in [0.5, 0.6) is 0 Å². The summed E-state index contributed by atoms with van der Waals surface area (Å²) in [6.45, 7) is 13.8. The van der Waals surface area contributed by atoms with Gasteiger partial charge in [0.15, 0.2) is 0 Å². The van der Waals surface area contributed by atoms with Crippen molar-refractivity contribution >= 4 is 99.6 Å². The predicted molar refractivity (Wildman–Crippen MR) is 359 cm³/mol. The minimum Gasteiger partial charge on any atom is -0.550 e. The Labute approximate surface area is 598 Å². The van der Waals surface area contributed by atoms with Crippen LogP contribution >= 0.6 is 11.8 Å². The number of hydrogen-bond donors (Lipinski definition) is 15. The molecule has 0 unspecified atom stereocenters. The van der Waals surface area contributed by atoms with Crippen LogP contribution in [0.4, 0.5) is 0 Å². The molecule has 0 aliphatic carbocycles. The number of rotatable bonds is 30. The molecule has 2 aromatic rings. The van der Waals surface area contributed by atoms with E-state index >= 15 is 0 Å². The molecule has 1 fully saturated rings. The Morgan fingerprint density at radius 3 is 1.84 bits per heavy atom. The van der Waals surface area contributed by atoms with E-state index in [1.165, 1.54) is 24.3 Å². The van der Waals surface area contributed by atoms with Gasteiger partial charge < -0.3 is 100 Å². The zero-order valence-electron chi connectivity index (χ0n) is 58.1. The second-order valence-electron chi connectivity index (χ2n) is 25.8. The fourth-order valence-corrected chi connectivity index (χ4v) is 11.9. The van der Waals surface area contributed by atoms with Crippen LogP contribution in [-0.4, -0.2) is 189 Å². The number of imidazole rings is 1. The van der Waals surface area contributed by atoms with Gasteiger partial charge in [-0.2, -0.15) is 0 Å². The number of nitrogens with one attached hydrogen (secondary N) is 12. The summed E-state index contributed by atoms with van der Waals surface area (Å²) < 4.78 is 0. The fourth-order valence-electron chi connectivity index (χ4n) is 10.7. The van der Waals surface area contributed by atoms with Crippen molar-refractivity contribution in [2.24, 2.45) is 45.9 Å². The summed E-state index contributed by atoms with van der Waals surface area (Å²) in [4.78, 5) is 206. The molecule has 3 heterocycles. The number of carbonyl (C=O) groups is 14. The van der Waals surface area contributed by atoms with Crippen LogP contribution in [-0.2, 0) is 99.4 Å². The number of hydrogen-bond acceptors (Lipinski definition) is 21. The zero-order chi connectivity index (χ0) is 73.6. The van der Waals surface area contributed by atoms with Gasteiger partial charge in [-0.05, 0) is 87.1 Å². The SMILES string of the molecule is CC[C@H](C)[C@H](N)C1=N[C@H](C(=O)N[C@@H](CC(C)C)C(=O)N[C@H](CCC(=O)[O-])C(=O)N[C@H](C(=O)N[C@H]2CCCCNC(=O)[C@H](CC(N)=O)NC(=O)[C@@H](CC(=O)[O-])NC(=O)[C@H](Cc3cnc[nH]3)NC(=O)[C@@H](Cc3ccccc3)NC(=O)[C@H](C(C)C)NC(=O)[C@@H](CCCN)NC2=O)[C@@H](C)CC)CS1.[Zn+2]. The quantitative estimate of drug-likeness (QED) is 0.0327. The van der Waals surface area contributed by atoms with Gasteiger partial charge in [0, 0.05) is 55.4 Å². The Kier molecular flexibility index (Phi) is 37.1. The molecule has 33 nitrogen and oxygen atoms in total. The summed E-state index contributed by atoms with van der Waals surface area (Å²) in [5, 5.41) is 53.0. The van der Waals surface area contributed by atoms with Gasteiger partial charge in [-0.3, -0.25) is 62.5 Å². The molecule has 0 spiro atoms. The molecule has 548 valence electrons. The van der Waals surface area contributed by atoms with Crippen LogP contribution in [0, 0.1) is 23.7 Å². The van der Waals surface area contributed by atoms with Crippen LogP contribution in [0.25, 0.3) is 0 Å². The smallest absolute Gasteiger partial charge is 0.550 e. The van der Waals surface area contributed by atoms with Gasteiger partial charge in [0.2, 0.25) is 70.9 Å². The minimum atomic E-state index is -2.01. The van der Waals surface area contributed by atoms with Crippen molar-refractivity contribution in [3.05, 3.63) is 54.1 Å². The second-order valence-corrected chi connectivity index (χ2v) is 26.8. The van der Waals surface area contributed by atoms with Crippen molar-refractivity contribution in [1.29, 1.82) is 0 Å². The fraction of sp³-hybridized carbons (Fsp3) is 0.631. The molecule has 14 atom stereocenters. The monoisotopic (exact) mass is 1470 g/mol. The average Bonchev–Trinajstić information content (AvgIpc) is 1.79. The van der Waals surface area contributed by atoms with Crippen LogP contribution in [0.15, 0.2) is 47.8 Å². The molecule has 1 aromatic carbocycles. The van der Waals surface area contributed by atoms with Gasteiger partial charge >= 0.3 is 19.5 Å². The van der Waals surface area contributed by atoms with Crippen LogP contribution in [0.2, 0.25) is 0 Å². The van der Waals surface area contributed by atoms with Crippen LogP contribution < -0.4 is 85.9 Å². The third-order valence-electron chi connectivity index (χ3n) is 16.9. The van der Waals surface area contributed by atoms with E-state index < -0.39 is 193 Å². The molecule has 1 aromatic heterocycles. The van der Waals surface area contributed by atoms with E-state index in [9.17, 15) is 77.3 Å².